The number of ether oxygens (including phenoxy) is 3. The number of rotatable bonds is 5. The van der Waals surface area contributed by atoms with E-state index in [2.05, 4.69) is 21.0 Å². The predicted molar refractivity (Wildman–Crippen MR) is 120 cm³/mol. The van der Waals surface area contributed by atoms with E-state index >= 15 is 0 Å². The highest BCUT2D eigenvalue weighted by atomic mass is 16.5. The minimum Gasteiger partial charge on any atom is -0.488 e. The molecule has 0 radical (unpaired) electrons. The van der Waals surface area contributed by atoms with Crippen molar-refractivity contribution in [1.82, 2.24) is 19.5 Å². The quantitative estimate of drug-likeness (QED) is 0.609. The van der Waals surface area contributed by atoms with E-state index in [9.17, 15) is 4.79 Å². The standard InChI is InChI=1S/C24H26N4O4/c1-28-22(29)15-27-20-13-17(16-7-11-30-12-8-16)14-21(23(20)28)31-18-3-5-19(6-4-18)32-24-25-9-2-10-26-24/h2,7,9-10,13-15,18-19H,3-6,8,11-12H2,1H3/t18-,19+. The number of nitrogens with zero attached hydrogens (tertiary/aromatic N) is 4. The van der Waals surface area contributed by atoms with E-state index in [0.717, 1.165) is 48.7 Å². The molecule has 0 amide bonds. The van der Waals surface area contributed by atoms with Gasteiger partial charge in [-0.05, 0) is 61.4 Å². The van der Waals surface area contributed by atoms with Gasteiger partial charge in [0.05, 0.1) is 31.0 Å². The summed E-state index contributed by atoms with van der Waals surface area (Å²) in [7, 11) is 1.76. The highest BCUT2D eigenvalue weighted by Gasteiger charge is 2.25. The molecule has 3 heterocycles. The fourth-order valence-corrected chi connectivity index (χ4v) is 4.36. The molecule has 2 aliphatic rings. The maximum Gasteiger partial charge on any atom is 0.316 e. The highest BCUT2D eigenvalue weighted by molar-refractivity contribution is 5.86. The van der Waals surface area contributed by atoms with Crippen LogP contribution in [0.5, 0.6) is 11.8 Å². The SMILES string of the molecule is Cn1c(=O)cnc2cc(C3=CCOCC3)cc(O[C@H]3CC[C@@H](Oc4ncccn4)CC3)c21. The van der Waals surface area contributed by atoms with E-state index in [1.807, 2.05) is 12.1 Å². The van der Waals surface area contributed by atoms with Gasteiger partial charge in [0.2, 0.25) is 0 Å². The highest BCUT2D eigenvalue weighted by Crippen LogP contribution is 2.33. The van der Waals surface area contributed by atoms with Crippen LogP contribution in [0.1, 0.15) is 37.7 Å². The average molecular weight is 434 g/mol. The Morgan fingerprint density at radius 1 is 1.03 bits per heavy atom. The first-order valence-corrected chi connectivity index (χ1v) is 11.0. The van der Waals surface area contributed by atoms with E-state index < -0.39 is 0 Å². The van der Waals surface area contributed by atoms with Crippen LogP contribution >= 0.6 is 0 Å². The molecule has 1 aromatic carbocycles. The first kappa shape index (κ1) is 20.6. The molecule has 166 valence electrons. The van der Waals surface area contributed by atoms with Crippen molar-refractivity contribution in [3.8, 4) is 11.8 Å². The molecule has 1 aliphatic carbocycles. The molecule has 0 N–H and O–H groups in total. The Hall–Kier alpha value is -3.26. The van der Waals surface area contributed by atoms with Crippen LogP contribution < -0.4 is 15.0 Å². The first-order chi connectivity index (χ1) is 15.7. The summed E-state index contributed by atoms with van der Waals surface area (Å²) in [5.41, 5.74) is 3.62. The third kappa shape index (κ3) is 4.36. The summed E-state index contributed by atoms with van der Waals surface area (Å²) < 4.78 is 19.5. The fraction of sp³-hybridized carbons (Fsp3) is 0.417. The molecule has 1 aliphatic heterocycles. The van der Waals surface area contributed by atoms with Crippen molar-refractivity contribution in [2.45, 2.75) is 44.3 Å². The van der Waals surface area contributed by atoms with Gasteiger partial charge in [-0.3, -0.25) is 4.79 Å². The summed E-state index contributed by atoms with van der Waals surface area (Å²) in [6.45, 7) is 1.31. The molecule has 8 nitrogen and oxygen atoms in total. The Kier molecular flexibility index (Phi) is 5.85. The number of aromatic nitrogens is 4. The van der Waals surface area contributed by atoms with Gasteiger partial charge in [-0.1, -0.05) is 6.08 Å². The molecule has 3 aromatic rings. The normalized spacial score (nSPS) is 21.2. The van der Waals surface area contributed by atoms with Gasteiger partial charge in [0.15, 0.2) is 0 Å². The predicted octanol–water partition coefficient (Wildman–Crippen LogP) is 3.30. The number of hydrogen-bond acceptors (Lipinski definition) is 7. The summed E-state index contributed by atoms with van der Waals surface area (Å²) in [5, 5.41) is 0. The molecule has 0 bridgehead atoms. The zero-order valence-electron chi connectivity index (χ0n) is 18.1. The summed E-state index contributed by atoms with van der Waals surface area (Å²) in [4.78, 5) is 25.0. The molecular weight excluding hydrogens is 408 g/mol. The monoisotopic (exact) mass is 434 g/mol. The molecule has 1 saturated carbocycles. The fourth-order valence-electron chi connectivity index (χ4n) is 4.36. The number of aryl methyl sites for hydroxylation is 1. The molecule has 2 aromatic heterocycles. The largest absolute Gasteiger partial charge is 0.488 e. The molecule has 32 heavy (non-hydrogen) atoms. The van der Waals surface area contributed by atoms with Crippen molar-refractivity contribution >= 4 is 16.6 Å². The second-order valence-electron chi connectivity index (χ2n) is 8.22. The molecule has 8 heteroatoms. The molecule has 0 saturated heterocycles. The van der Waals surface area contributed by atoms with Gasteiger partial charge in [-0.25, -0.2) is 15.0 Å². The van der Waals surface area contributed by atoms with E-state index in [1.54, 1.807) is 30.1 Å². The Morgan fingerprint density at radius 3 is 2.50 bits per heavy atom. The van der Waals surface area contributed by atoms with E-state index in [4.69, 9.17) is 14.2 Å². The second-order valence-corrected chi connectivity index (χ2v) is 8.22. The Morgan fingerprint density at radius 2 is 1.78 bits per heavy atom. The summed E-state index contributed by atoms with van der Waals surface area (Å²) in [6, 6.07) is 6.26. The number of hydrogen-bond donors (Lipinski definition) is 0. The van der Waals surface area contributed by atoms with Gasteiger partial charge in [-0.2, -0.15) is 0 Å². The lowest BCUT2D eigenvalue weighted by Crippen LogP contribution is -2.30. The van der Waals surface area contributed by atoms with Crippen molar-refractivity contribution in [1.29, 1.82) is 0 Å². The van der Waals surface area contributed by atoms with Crippen LogP contribution in [0.25, 0.3) is 16.6 Å². The lowest BCUT2D eigenvalue weighted by molar-refractivity contribution is 0.0756. The van der Waals surface area contributed by atoms with Gasteiger partial charge in [-0.15, -0.1) is 0 Å². The molecule has 1 fully saturated rings. The van der Waals surface area contributed by atoms with E-state index in [-0.39, 0.29) is 17.8 Å². The van der Waals surface area contributed by atoms with Crippen molar-refractivity contribution in [3.63, 3.8) is 0 Å². The molecule has 5 rings (SSSR count). The lowest BCUT2D eigenvalue weighted by atomic mass is 9.94. The Labute approximate surface area is 185 Å². The molecule has 0 unspecified atom stereocenters. The van der Waals surface area contributed by atoms with Crippen LogP contribution in [0.2, 0.25) is 0 Å². The van der Waals surface area contributed by atoms with Gasteiger partial charge >= 0.3 is 6.01 Å². The second kappa shape index (κ2) is 9.08. The minimum atomic E-state index is -0.152. The molecular formula is C24H26N4O4. The Balaban J connectivity index is 1.38. The van der Waals surface area contributed by atoms with Gasteiger partial charge in [0, 0.05) is 19.4 Å². The van der Waals surface area contributed by atoms with Crippen LogP contribution in [0.4, 0.5) is 0 Å². The first-order valence-electron chi connectivity index (χ1n) is 11.0. The third-order valence-corrected chi connectivity index (χ3v) is 6.10. The van der Waals surface area contributed by atoms with Gasteiger partial charge in [0.25, 0.3) is 5.56 Å². The van der Waals surface area contributed by atoms with Crippen LogP contribution in [0.3, 0.4) is 0 Å². The van der Waals surface area contributed by atoms with Gasteiger partial charge < -0.3 is 18.8 Å². The van der Waals surface area contributed by atoms with Gasteiger partial charge in [0.1, 0.15) is 17.4 Å². The van der Waals surface area contributed by atoms with Crippen LogP contribution in [0.15, 0.2) is 47.7 Å². The van der Waals surface area contributed by atoms with Crippen molar-refractivity contribution in [3.05, 3.63) is 58.8 Å². The number of benzene rings is 1. The van der Waals surface area contributed by atoms with Crippen molar-refractivity contribution in [2.24, 2.45) is 7.05 Å². The van der Waals surface area contributed by atoms with Crippen molar-refractivity contribution < 1.29 is 14.2 Å². The Bertz CT molecular complexity index is 1180. The zero-order chi connectivity index (χ0) is 21.9. The van der Waals surface area contributed by atoms with Crippen LogP contribution in [0, 0.1) is 0 Å². The summed E-state index contributed by atoms with van der Waals surface area (Å²) in [6.07, 6.45) is 11.2. The van der Waals surface area contributed by atoms with Crippen molar-refractivity contribution in [2.75, 3.05) is 13.2 Å². The summed E-state index contributed by atoms with van der Waals surface area (Å²) >= 11 is 0. The topological polar surface area (TPSA) is 88.4 Å². The smallest absolute Gasteiger partial charge is 0.316 e. The minimum absolute atomic E-state index is 0.0453. The van der Waals surface area contributed by atoms with Crippen LogP contribution in [-0.2, 0) is 11.8 Å². The third-order valence-electron chi connectivity index (χ3n) is 6.10. The number of fused-ring (bicyclic) bond motifs is 1. The summed E-state index contributed by atoms with van der Waals surface area (Å²) in [5.74, 6) is 0.702. The maximum absolute atomic E-state index is 12.3. The van der Waals surface area contributed by atoms with E-state index in [1.165, 1.54) is 11.8 Å². The van der Waals surface area contributed by atoms with E-state index in [0.29, 0.717) is 25.0 Å². The molecule has 0 atom stereocenters. The van der Waals surface area contributed by atoms with Crippen LogP contribution in [-0.4, -0.2) is 44.9 Å². The molecule has 0 spiro atoms. The average Bonchev–Trinajstić information content (AvgIpc) is 2.84. The zero-order valence-corrected chi connectivity index (χ0v) is 18.1. The maximum atomic E-state index is 12.3. The lowest BCUT2D eigenvalue weighted by Gasteiger charge is -2.29.